The second-order valence-electron chi connectivity index (χ2n) is 15.6. The number of Topliss-reactive ketones (excluding diaryl/α,β-unsaturated/α-hetero) is 1. The third-order valence-electron chi connectivity index (χ3n) is 9.06. The van der Waals surface area contributed by atoms with Crippen molar-refractivity contribution in [1.29, 1.82) is 0 Å². The van der Waals surface area contributed by atoms with Gasteiger partial charge in [0.05, 0.1) is 12.2 Å². The van der Waals surface area contributed by atoms with Gasteiger partial charge in [0.1, 0.15) is 5.76 Å². The molecule has 41 heavy (non-hydrogen) atoms. The van der Waals surface area contributed by atoms with Crippen LogP contribution in [0.1, 0.15) is 95.9 Å². The molecular weight excluding hydrogens is 545 g/mol. The molecule has 0 aliphatic carbocycles. The first-order chi connectivity index (χ1) is 18.3. The summed E-state index contributed by atoms with van der Waals surface area (Å²) in [7, 11) is -4.10. The van der Waals surface area contributed by atoms with Gasteiger partial charge >= 0.3 is 0 Å². The highest BCUT2D eigenvalue weighted by Gasteiger charge is 2.44. The standard InChI is InChI=1S/C34H62O5Si2/c1-24(2)21-22-26(4)30(39-41(15,16)33(9,10)11)25(3)19-17-18-20-28(38-40(13,14)32(6,7)8)23-29-27(5)31(35)34(12,36)37-29/h17-20,22,24-25,28,30,36H,21,23H2,1-16H3/b19-17+,20-18-,26-22+/t25-,28-,30-,34?/m1/s1. The van der Waals surface area contributed by atoms with Crippen LogP contribution in [0.15, 0.2) is 47.3 Å². The fraction of sp³-hybridized carbons (Fsp3) is 0.735. The minimum atomic E-state index is -2.12. The Bertz CT molecular complexity index is 1020. The number of ketones is 1. The van der Waals surface area contributed by atoms with Crippen LogP contribution in [0.25, 0.3) is 0 Å². The lowest BCUT2D eigenvalue weighted by molar-refractivity contribution is -0.170. The van der Waals surface area contributed by atoms with E-state index in [1.165, 1.54) is 12.5 Å². The smallest absolute Gasteiger partial charge is 0.269 e. The Morgan fingerprint density at radius 3 is 1.88 bits per heavy atom. The molecule has 5 nitrogen and oxygen atoms in total. The first kappa shape index (κ1) is 37.8. The number of allylic oxidation sites excluding steroid dienone is 3. The van der Waals surface area contributed by atoms with Crippen molar-refractivity contribution in [3.63, 3.8) is 0 Å². The van der Waals surface area contributed by atoms with E-state index in [9.17, 15) is 9.90 Å². The van der Waals surface area contributed by atoms with Crippen molar-refractivity contribution in [3.8, 4) is 0 Å². The summed E-state index contributed by atoms with van der Waals surface area (Å²) in [6, 6.07) is 0. The van der Waals surface area contributed by atoms with E-state index in [-0.39, 0.29) is 34.0 Å². The average molecular weight is 607 g/mol. The van der Waals surface area contributed by atoms with Gasteiger partial charge in [0.15, 0.2) is 16.6 Å². The fourth-order valence-corrected chi connectivity index (χ4v) is 6.76. The van der Waals surface area contributed by atoms with Gasteiger partial charge in [0.2, 0.25) is 5.78 Å². The van der Waals surface area contributed by atoms with Crippen molar-refractivity contribution in [1.82, 2.24) is 0 Å². The minimum Gasteiger partial charge on any atom is -0.459 e. The van der Waals surface area contributed by atoms with Gasteiger partial charge in [-0.05, 0) is 68.0 Å². The van der Waals surface area contributed by atoms with Gasteiger partial charge in [-0.25, -0.2) is 0 Å². The Kier molecular flexibility index (Phi) is 12.9. The molecule has 7 heteroatoms. The van der Waals surface area contributed by atoms with Crippen LogP contribution in [0, 0.1) is 11.8 Å². The summed E-state index contributed by atoms with van der Waals surface area (Å²) in [6.07, 6.45) is 11.9. The third kappa shape index (κ3) is 10.8. The maximum atomic E-state index is 12.5. The molecule has 0 fully saturated rings. The van der Waals surface area contributed by atoms with E-state index in [1.807, 2.05) is 6.08 Å². The average Bonchev–Trinajstić information content (AvgIpc) is 2.98. The molecule has 0 saturated heterocycles. The molecular formula is C34H62O5Si2. The molecule has 0 spiro atoms. The number of carbonyl (C=O) groups excluding carboxylic acids is 1. The normalized spacial score (nSPS) is 22.3. The summed E-state index contributed by atoms with van der Waals surface area (Å²) in [5.74, 6) is -0.899. The molecule has 1 N–H and O–H groups in total. The van der Waals surface area contributed by atoms with Crippen molar-refractivity contribution in [2.24, 2.45) is 11.8 Å². The Morgan fingerprint density at radius 2 is 1.44 bits per heavy atom. The van der Waals surface area contributed by atoms with Crippen molar-refractivity contribution in [2.75, 3.05) is 0 Å². The summed E-state index contributed by atoms with van der Waals surface area (Å²) < 4.78 is 19.4. The Labute approximate surface area is 254 Å². The molecule has 1 aliphatic heterocycles. The highest BCUT2D eigenvalue weighted by molar-refractivity contribution is 6.74. The zero-order chi connectivity index (χ0) is 32.2. The predicted octanol–water partition coefficient (Wildman–Crippen LogP) is 9.48. The Hall–Kier alpha value is -1.26. The molecule has 0 aromatic carbocycles. The molecule has 0 amide bonds. The molecule has 1 unspecified atom stereocenters. The molecule has 0 aromatic rings. The quantitative estimate of drug-likeness (QED) is 0.128. The first-order valence-corrected chi connectivity index (χ1v) is 21.2. The van der Waals surface area contributed by atoms with Crippen molar-refractivity contribution in [3.05, 3.63) is 47.3 Å². The van der Waals surface area contributed by atoms with E-state index in [4.69, 9.17) is 13.6 Å². The first-order valence-electron chi connectivity index (χ1n) is 15.4. The van der Waals surface area contributed by atoms with Crippen molar-refractivity contribution < 1.29 is 23.5 Å². The van der Waals surface area contributed by atoms with E-state index < -0.39 is 22.4 Å². The molecule has 0 bridgehead atoms. The second kappa shape index (κ2) is 14.0. The van der Waals surface area contributed by atoms with Crippen LogP contribution in [0.2, 0.25) is 36.3 Å². The van der Waals surface area contributed by atoms with Crippen LogP contribution in [-0.4, -0.2) is 45.5 Å². The lowest BCUT2D eigenvalue weighted by Gasteiger charge is -2.41. The van der Waals surface area contributed by atoms with E-state index in [0.717, 1.165) is 6.42 Å². The number of aliphatic hydroxyl groups is 1. The summed E-state index contributed by atoms with van der Waals surface area (Å²) in [5, 5.41) is 10.5. The van der Waals surface area contributed by atoms with Gasteiger partial charge < -0.3 is 18.7 Å². The lowest BCUT2D eigenvalue weighted by atomic mass is 9.96. The summed E-state index contributed by atoms with van der Waals surface area (Å²) >= 11 is 0. The number of hydrogen-bond acceptors (Lipinski definition) is 5. The van der Waals surface area contributed by atoms with Gasteiger partial charge in [0.25, 0.3) is 5.79 Å². The topological polar surface area (TPSA) is 65.0 Å². The summed E-state index contributed by atoms with van der Waals surface area (Å²) in [4.78, 5) is 12.5. The van der Waals surface area contributed by atoms with Gasteiger partial charge in [-0.1, -0.05) is 92.7 Å². The number of ether oxygens (including phenoxy) is 1. The van der Waals surface area contributed by atoms with E-state index in [2.05, 4.69) is 120 Å². The highest BCUT2D eigenvalue weighted by atomic mass is 28.4. The molecule has 0 saturated carbocycles. The molecule has 0 radical (unpaired) electrons. The number of rotatable bonds is 13. The molecule has 1 aliphatic rings. The van der Waals surface area contributed by atoms with Gasteiger partial charge in [-0.3, -0.25) is 4.79 Å². The Morgan fingerprint density at radius 1 is 0.951 bits per heavy atom. The van der Waals surface area contributed by atoms with Crippen molar-refractivity contribution >= 4 is 22.4 Å². The van der Waals surface area contributed by atoms with Crippen LogP contribution in [0.4, 0.5) is 0 Å². The molecule has 236 valence electrons. The molecule has 0 aromatic heterocycles. The largest absolute Gasteiger partial charge is 0.459 e. The van der Waals surface area contributed by atoms with Gasteiger partial charge in [0, 0.05) is 24.8 Å². The second-order valence-corrected chi connectivity index (χ2v) is 25.1. The SMILES string of the molecule is CC1=C(C[C@@H](/C=C\C=C\[C@@H](C)[C@@H](O[Si](C)(C)C(C)(C)C)/C(C)=C/CC(C)C)O[Si](C)(C)C(C)(C)C)OC(C)(O)C1=O. The number of carbonyl (C=O) groups is 1. The summed E-state index contributed by atoms with van der Waals surface area (Å²) in [6.45, 7) is 34.6. The number of hydrogen-bond donors (Lipinski definition) is 1. The van der Waals surface area contributed by atoms with Crippen molar-refractivity contribution in [2.45, 2.75) is 150 Å². The monoisotopic (exact) mass is 606 g/mol. The van der Waals surface area contributed by atoms with E-state index >= 15 is 0 Å². The van der Waals surface area contributed by atoms with Gasteiger partial charge in [-0.15, -0.1) is 0 Å². The molecule has 4 atom stereocenters. The maximum absolute atomic E-state index is 12.5. The molecule has 1 rings (SSSR count). The predicted molar refractivity (Wildman–Crippen MR) is 179 cm³/mol. The zero-order valence-electron chi connectivity index (χ0n) is 29.2. The fourth-order valence-electron chi connectivity index (χ4n) is 4.09. The minimum absolute atomic E-state index is 0.0199. The summed E-state index contributed by atoms with van der Waals surface area (Å²) in [5.41, 5.74) is 1.76. The van der Waals surface area contributed by atoms with Crippen LogP contribution >= 0.6 is 0 Å². The Balaban J connectivity index is 3.27. The van der Waals surface area contributed by atoms with Crippen LogP contribution in [-0.2, 0) is 18.4 Å². The third-order valence-corrected chi connectivity index (χ3v) is 18.0. The maximum Gasteiger partial charge on any atom is 0.269 e. The molecule has 1 heterocycles. The zero-order valence-corrected chi connectivity index (χ0v) is 31.2. The lowest BCUT2D eigenvalue weighted by Crippen LogP contribution is -2.45. The van der Waals surface area contributed by atoms with Crippen LogP contribution in [0.3, 0.4) is 0 Å². The van der Waals surface area contributed by atoms with E-state index in [0.29, 0.717) is 23.7 Å². The van der Waals surface area contributed by atoms with Crippen LogP contribution < -0.4 is 0 Å². The highest BCUT2D eigenvalue weighted by Crippen LogP contribution is 2.40. The van der Waals surface area contributed by atoms with E-state index in [1.54, 1.807) is 6.92 Å². The van der Waals surface area contributed by atoms with Crippen LogP contribution in [0.5, 0.6) is 0 Å². The van der Waals surface area contributed by atoms with Gasteiger partial charge in [-0.2, -0.15) is 0 Å².